The van der Waals surface area contributed by atoms with Crippen molar-refractivity contribution < 1.29 is 14.6 Å². The van der Waals surface area contributed by atoms with E-state index in [-0.39, 0.29) is 18.2 Å². The predicted octanol–water partition coefficient (Wildman–Crippen LogP) is 5.54. The fourth-order valence-corrected chi connectivity index (χ4v) is 7.83. The van der Waals surface area contributed by atoms with Crippen molar-refractivity contribution >= 4 is 23.4 Å². The molecule has 3 aromatic rings. The number of nitrogens with zero attached hydrogens (tertiary/aromatic N) is 4. The molecule has 0 saturated heterocycles. The molecule has 5 atom stereocenters. The van der Waals surface area contributed by atoms with Crippen LogP contribution in [-0.4, -0.2) is 51.9 Å². The van der Waals surface area contributed by atoms with Crippen molar-refractivity contribution in [3.8, 4) is 16.9 Å². The molecule has 4 fully saturated rings. The Hall–Kier alpha value is -3.65. The van der Waals surface area contributed by atoms with E-state index in [1.165, 1.54) is 0 Å². The van der Waals surface area contributed by atoms with Gasteiger partial charge in [-0.1, -0.05) is 24.3 Å². The number of aromatic nitrogens is 2. The quantitative estimate of drug-likeness (QED) is 0.443. The highest BCUT2D eigenvalue weighted by atomic mass is 16.5. The molecule has 0 radical (unpaired) electrons. The standard InChI is InChI=1S/C32H37N5O3/c1-20(2)40-26-9-7-22(8-10-26)25-18-33-30(34-19-25)36-11-12-37(28-6-4-3-5-27(28)36)31(38)35-29-23-13-21-14-24(29)17-32(39,15-21)16-23/h3-10,18-21,23-24,29,39H,11-17H2,1-2H3,(H,35,38)/t21?,23-,24+,29?,32?. The van der Waals surface area contributed by atoms with Gasteiger partial charge in [0.2, 0.25) is 5.95 Å². The van der Waals surface area contributed by atoms with Gasteiger partial charge in [0.25, 0.3) is 0 Å². The van der Waals surface area contributed by atoms with E-state index in [0.29, 0.717) is 36.8 Å². The monoisotopic (exact) mass is 539 g/mol. The summed E-state index contributed by atoms with van der Waals surface area (Å²) in [6.07, 6.45) is 8.66. The van der Waals surface area contributed by atoms with E-state index >= 15 is 0 Å². The summed E-state index contributed by atoms with van der Waals surface area (Å²) in [6, 6.07) is 16.1. The number of amides is 2. The van der Waals surface area contributed by atoms with Crippen LogP contribution in [0.1, 0.15) is 46.0 Å². The number of carbonyl (C=O) groups is 1. The summed E-state index contributed by atoms with van der Waals surface area (Å²) in [5.74, 6) is 2.83. The zero-order valence-electron chi connectivity index (χ0n) is 23.2. The Labute approximate surface area is 235 Å². The molecule has 1 aromatic heterocycles. The maximum absolute atomic E-state index is 13.7. The first-order chi connectivity index (χ1) is 19.3. The molecule has 2 N–H and O–H groups in total. The number of nitrogens with one attached hydrogen (secondary N) is 1. The van der Waals surface area contributed by atoms with Crippen molar-refractivity contribution in [2.24, 2.45) is 17.8 Å². The van der Waals surface area contributed by atoms with E-state index in [2.05, 4.69) is 10.2 Å². The number of urea groups is 1. The van der Waals surface area contributed by atoms with Gasteiger partial charge in [-0.05, 0) is 93.5 Å². The van der Waals surface area contributed by atoms with E-state index in [4.69, 9.17) is 14.7 Å². The third-order valence-corrected chi connectivity index (χ3v) is 9.23. The lowest BCUT2D eigenvalue weighted by Crippen LogP contribution is -2.63. The summed E-state index contributed by atoms with van der Waals surface area (Å²) >= 11 is 0. The number of para-hydroxylation sites is 2. The van der Waals surface area contributed by atoms with Crippen LogP contribution in [0.4, 0.5) is 22.1 Å². The van der Waals surface area contributed by atoms with Crippen LogP contribution < -0.4 is 19.9 Å². The molecule has 4 aliphatic carbocycles. The molecule has 208 valence electrons. The van der Waals surface area contributed by atoms with Gasteiger partial charge in [0, 0.05) is 37.1 Å². The minimum atomic E-state index is -0.503. The van der Waals surface area contributed by atoms with Gasteiger partial charge in [-0.15, -0.1) is 0 Å². The molecule has 2 amide bonds. The first kappa shape index (κ1) is 25.3. The number of ether oxygens (including phenoxy) is 1. The van der Waals surface area contributed by atoms with Crippen molar-refractivity contribution in [2.45, 2.75) is 63.7 Å². The van der Waals surface area contributed by atoms with E-state index in [0.717, 1.165) is 60.4 Å². The summed E-state index contributed by atoms with van der Waals surface area (Å²) in [5.41, 5.74) is 3.25. The molecule has 40 heavy (non-hydrogen) atoms. The molecule has 4 saturated carbocycles. The van der Waals surface area contributed by atoms with Gasteiger partial charge in [-0.3, -0.25) is 4.90 Å². The Morgan fingerprint density at radius 3 is 2.27 bits per heavy atom. The van der Waals surface area contributed by atoms with Gasteiger partial charge in [0.1, 0.15) is 5.75 Å². The van der Waals surface area contributed by atoms with Crippen molar-refractivity contribution in [3.05, 3.63) is 60.9 Å². The number of hydrogen-bond acceptors (Lipinski definition) is 6. The smallest absolute Gasteiger partial charge is 0.322 e. The molecule has 0 spiro atoms. The number of benzene rings is 2. The lowest BCUT2D eigenvalue weighted by molar-refractivity contribution is -0.136. The van der Waals surface area contributed by atoms with Crippen LogP contribution in [-0.2, 0) is 0 Å². The van der Waals surface area contributed by atoms with Gasteiger partial charge in [0.15, 0.2) is 0 Å². The zero-order valence-corrected chi connectivity index (χ0v) is 23.2. The van der Waals surface area contributed by atoms with Crippen molar-refractivity contribution in [3.63, 3.8) is 0 Å². The van der Waals surface area contributed by atoms with Crippen molar-refractivity contribution in [2.75, 3.05) is 22.9 Å². The second-order valence-electron chi connectivity index (χ2n) is 12.4. The molecule has 5 aliphatic rings. The predicted molar refractivity (Wildman–Crippen MR) is 155 cm³/mol. The summed E-state index contributed by atoms with van der Waals surface area (Å²) < 4.78 is 5.75. The van der Waals surface area contributed by atoms with Crippen LogP contribution in [0.15, 0.2) is 60.9 Å². The summed E-state index contributed by atoms with van der Waals surface area (Å²) in [5, 5.41) is 14.3. The number of aliphatic hydroxyl groups is 1. The Morgan fingerprint density at radius 1 is 0.950 bits per heavy atom. The van der Waals surface area contributed by atoms with E-state index in [9.17, 15) is 9.90 Å². The van der Waals surface area contributed by atoms with Gasteiger partial charge in [0.05, 0.1) is 23.1 Å². The van der Waals surface area contributed by atoms with Crippen LogP contribution >= 0.6 is 0 Å². The van der Waals surface area contributed by atoms with Gasteiger partial charge in [-0.2, -0.15) is 0 Å². The largest absolute Gasteiger partial charge is 0.491 e. The lowest BCUT2D eigenvalue weighted by atomic mass is 9.52. The molecule has 8 heteroatoms. The number of carbonyl (C=O) groups excluding carboxylic acids is 1. The van der Waals surface area contributed by atoms with Crippen LogP contribution in [0.5, 0.6) is 5.75 Å². The molecule has 8 nitrogen and oxygen atoms in total. The Balaban J connectivity index is 1.07. The Kier molecular flexibility index (Phi) is 6.18. The molecule has 2 heterocycles. The average Bonchev–Trinajstić information content (AvgIpc) is 2.94. The van der Waals surface area contributed by atoms with Crippen LogP contribution in [0, 0.1) is 17.8 Å². The zero-order chi connectivity index (χ0) is 27.4. The van der Waals surface area contributed by atoms with Crippen molar-refractivity contribution in [1.29, 1.82) is 0 Å². The van der Waals surface area contributed by atoms with Gasteiger partial charge in [-0.25, -0.2) is 14.8 Å². The number of fused-ring (bicyclic) bond motifs is 1. The lowest BCUT2D eigenvalue weighted by Gasteiger charge is -2.58. The highest BCUT2D eigenvalue weighted by Crippen LogP contribution is 2.55. The molecular formula is C32H37N5O3. The minimum absolute atomic E-state index is 0.0438. The third kappa shape index (κ3) is 4.58. The molecule has 1 aliphatic heterocycles. The highest BCUT2D eigenvalue weighted by Gasteiger charge is 2.55. The number of anilines is 3. The fraction of sp³-hybridized carbons (Fsp3) is 0.469. The van der Waals surface area contributed by atoms with E-state index in [1.54, 1.807) is 0 Å². The molecule has 3 unspecified atom stereocenters. The first-order valence-corrected chi connectivity index (χ1v) is 14.6. The highest BCUT2D eigenvalue weighted by molar-refractivity contribution is 5.97. The maximum atomic E-state index is 13.7. The van der Waals surface area contributed by atoms with E-state index in [1.807, 2.05) is 79.7 Å². The summed E-state index contributed by atoms with van der Waals surface area (Å²) in [7, 11) is 0. The van der Waals surface area contributed by atoms with Gasteiger partial charge < -0.3 is 20.1 Å². The normalized spacial score (nSPS) is 28.5. The van der Waals surface area contributed by atoms with Crippen LogP contribution in [0.2, 0.25) is 0 Å². The Morgan fingerprint density at radius 2 is 1.62 bits per heavy atom. The molecule has 2 aromatic carbocycles. The van der Waals surface area contributed by atoms with Gasteiger partial charge >= 0.3 is 6.03 Å². The second kappa shape index (κ2) is 9.77. The fourth-order valence-electron chi connectivity index (χ4n) is 7.83. The SMILES string of the molecule is CC(C)Oc1ccc(-c2cnc(N3CCN(C(=O)NC4[C@@H]5CC6C[C@H]4CC(O)(C6)C5)c4ccccc43)nc2)cc1. The Bertz CT molecular complexity index is 1380. The maximum Gasteiger partial charge on any atom is 0.322 e. The summed E-state index contributed by atoms with van der Waals surface area (Å²) in [6.45, 7) is 5.17. The van der Waals surface area contributed by atoms with Crippen molar-refractivity contribution in [1.82, 2.24) is 15.3 Å². The second-order valence-corrected chi connectivity index (χ2v) is 12.4. The summed E-state index contributed by atoms with van der Waals surface area (Å²) in [4.78, 5) is 27.0. The van der Waals surface area contributed by atoms with E-state index < -0.39 is 5.60 Å². The first-order valence-electron chi connectivity index (χ1n) is 14.6. The number of hydrogen-bond donors (Lipinski definition) is 2. The number of rotatable bonds is 5. The average molecular weight is 540 g/mol. The van der Waals surface area contributed by atoms with Crippen LogP contribution in [0.3, 0.4) is 0 Å². The minimum Gasteiger partial charge on any atom is -0.491 e. The topological polar surface area (TPSA) is 90.8 Å². The molecule has 4 bridgehead atoms. The molecular weight excluding hydrogens is 502 g/mol. The van der Waals surface area contributed by atoms with Crippen LogP contribution in [0.25, 0.3) is 11.1 Å². The molecule has 8 rings (SSSR count). The third-order valence-electron chi connectivity index (χ3n) is 9.23.